The number of nitrogens with one attached hydrogen (secondary N) is 1. The molecule has 0 saturated heterocycles. The van der Waals surface area contributed by atoms with Gasteiger partial charge in [-0.15, -0.1) is 22.7 Å². The summed E-state index contributed by atoms with van der Waals surface area (Å²) in [5.41, 5.74) is 2.77. The molecule has 0 amide bonds. The van der Waals surface area contributed by atoms with Gasteiger partial charge in [0.2, 0.25) is 0 Å². The fourth-order valence-corrected chi connectivity index (χ4v) is 4.69. The molecule has 0 bridgehead atoms. The average molecular weight is 399 g/mol. The topological polar surface area (TPSA) is 12.0 Å². The molecule has 0 radical (unpaired) electrons. The first-order valence-corrected chi connectivity index (χ1v) is 9.07. The Balaban J connectivity index is 2.09. The highest BCUT2D eigenvalue weighted by molar-refractivity contribution is 14.1. The van der Waals surface area contributed by atoms with Gasteiger partial charge in [-0.1, -0.05) is 25.1 Å². The molecule has 98 valence electrons. The van der Waals surface area contributed by atoms with Crippen LogP contribution in [0.4, 0.5) is 0 Å². The van der Waals surface area contributed by atoms with Gasteiger partial charge in [0.15, 0.2) is 0 Å². The van der Waals surface area contributed by atoms with Crippen molar-refractivity contribution in [3.8, 4) is 0 Å². The number of halogens is 1. The van der Waals surface area contributed by atoms with Crippen LogP contribution in [0.2, 0.25) is 0 Å². The van der Waals surface area contributed by atoms with Crippen molar-refractivity contribution in [2.75, 3.05) is 6.54 Å². The molecule has 0 aliphatic rings. The summed E-state index contributed by atoms with van der Waals surface area (Å²) in [6, 6.07) is 11.2. The smallest absolute Gasteiger partial charge is 0.0656 e. The van der Waals surface area contributed by atoms with Crippen molar-refractivity contribution >= 4 is 55.4 Å². The lowest BCUT2D eigenvalue weighted by atomic mass is 10.0. The van der Waals surface area contributed by atoms with Gasteiger partial charge in [0.1, 0.15) is 0 Å². The number of rotatable bonds is 4. The van der Waals surface area contributed by atoms with Gasteiger partial charge in [-0.05, 0) is 68.5 Å². The first-order chi connectivity index (χ1) is 9.29. The molecule has 0 fully saturated rings. The Morgan fingerprint density at radius 1 is 1.21 bits per heavy atom. The van der Waals surface area contributed by atoms with E-state index in [4.69, 9.17) is 0 Å². The first kappa shape index (κ1) is 13.5. The number of hydrogen-bond donors (Lipinski definition) is 1. The van der Waals surface area contributed by atoms with Crippen molar-refractivity contribution in [2.45, 2.75) is 13.0 Å². The summed E-state index contributed by atoms with van der Waals surface area (Å²) >= 11 is 6.03. The summed E-state index contributed by atoms with van der Waals surface area (Å²) < 4.78 is 2.71. The highest BCUT2D eigenvalue weighted by Gasteiger charge is 2.18. The molecule has 2 aromatic heterocycles. The quantitative estimate of drug-likeness (QED) is 0.590. The van der Waals surface area contributed by atoms with E-state index in [9.17, 15) is 0 Å². The van der Waals surface area contributed by atoms with E-state index in [0.29, 0.717) is 6.04 Å². The lowest BCUT2D eigenvalue weighted by Gasteiger charge is -2.16. The van der Waals surface area contributed by atoms with Crippen molar-refractivity contribution < 1.29 is 0 Å². The monoisotopic (exact) mass is 399 g/mol. The Labute approximate surface area is 134 Å². The van der Waals surface area contributed by atoms with E-state index >= 15 is 0 Å². The van der Waals surface area contributed by atoms with E-state index in [2.05, 4.69) is 75.9 Å². The predicted octanol–water partition coefficient (Wildman–Crippen LogP) is 5.27. The minimum absolute atomic E-state index is 0.306. The molecule has 1 nitrogen and oxygen atoms in total. The zero-order valence-electron chi connectivity index (χ0n) is 10.5. The molecule has 0 spiro atoms. The summed E-state index contributed by atoms with van der Waals surface area (Å²) in [7, 11) is 0. The van der Waals surface area contributed by atoms with Crippen LogP contribution in [-0.4, -0.2) is 6.54 Å². The molecule has 1 aromatic carbocycles. The van der Waals surface area contributed by atoms with Crippen LogP contribution in [0, 0.1) is 2.88 Å². The van der Waals surface area contributed by atoms with Gasteiger partial charge in [0.05, 0.1) is 8.93 Å². The average Bonchev–Trinajstić information content (AvgIpc) is 3.03. The maximum Gasteiger partial charge on any atom is 0.0656 e. The van der Waals surface area contributed by atoms with Gasteiger partial charge in [-0.25, -0.2) is 0 Å². The van der Waals surface area contributed by atoms with Gasteiger partial charge >= 0.3 is 0 Å². The normalized spacial score (nSPS) is 12.9. The van der Waals surface area contributed by atoms with Crippen LogP contribution in [0.1, 0.15) is 24.1 Å². The zero-order chi connectivity index (χ0) is 13.2. The largest absolute Gasteiger partial charge is 0.306 e. The first-order valence-electron chi connectivity index (χ1n) is 6.23. The molecule has 2 heterocycles. The van der Waals surface area contributed by atoms with Crippen molar-refractivity contribution in [1.82, 2.24) is 5.32 Å². The maximum absolute atomic E-state index is 3.62. The molecule has 0 saturated carbocycles. The maximum atomic E-state index is 3.62. The van der Waals surface area contributed by atoms with Crippen LogP contribution >= 0.6 is 45.3 Å². The SMILES string of the molecule is CCNC(c1csc(I)c1)c1csc2ccccc12. The standard InChI is InChI=1S/C15H14INS2/c1-2-17-15(10-7-14(16)19-8-10)12-9-18-13-6-4-3-5-11(12)13/h3-9,15,17H,2H2,1H3. The summed E-state index contributed by atoms with van der Waals surface area (Å²) in [5.74, 6) is 0. The summed E-state index contributed by atoms with van der Waals surface area (Å²) in [6.07, 6.45) is 0. The highest BCUT2D eigenvalue weighted by Crippen LogP contribution is 2.35. The van der Waals surface area contributed by atoms with E-state index in [0.717, 1.165) is 6.54 Å². The van der Waals surface area contributed by atoms with Crippen molar-refractivity contribution in [1.29, 1.82) is 0 Å². The van der Waals surface area contributed by atoms with Crippen molar-refractivity contribution in [3.63, 3.8) is 0 Å². The van der Waals surface area contributed by atoms with E-state index in [1.165, 1.54) is 24.1 Å². The van der Waals surface area contributed by atoms with E-state index in [-0.39, 0.29) is 0 Å². The van der Waals surface area contributed by atoms with Crippen LogP contribution in [-0.2, 0) is 0 Å². The zero-order valence-corrected chi connectivity index (χ0v) is 14.3. The summed E-state index contributed by atoms with van der Waals surface area (Å²) in [5, 5.41) is 9.55. The molecule has 3 rings (SSSR count). The van der Waals surface area contributed by atoms with Gasteiger partial charge < -0.3 is 5.32 Å². The minimum atomic E-state index is 0.306. The molecule has 4 heteroatoms. The minimum Gasteiger partial charge on any atom is -0.306 e. The molecule has 3 aromatic rings. The number of fused-ring (bicyclic) bond motifs is 1. The highest BCUT2D eigenvalue weighted by atomic mass is 127. The summed E-state index contributed by atoms with van der Waals surface area (Å²) in [4.78, 5) is 0. The molecular formula is C15H14INS2. The molecule has 1 unspecified atom stereocenters. The number of hydrogen-bond acceptors (Lipinski definition) is 3. The van der Waals surface area contributed by atoms with E-state index < -0.39 is 0 Å². The third-order valence-corrected chi connectivity index (χ3v) is 5.94. The van der Waals surface area contributed by atoms with Crippen LogP contribution in [0.3, 0.4) is 0 Å². The molecule has 19 heavy (non-hydrogen) atoms. The molecule has 1 atom stereocenters. The Kier molecular flexibility index (Phi) is 4.21. The lowest BCUT2D eigenvalue weighted by Crippen LogP contribution is -2.21. The van der Waals surface area contributed by atoms with Crippen LogP contribution in [0.5, 0.6) is 0 Å². The predicted molar refractivity (Wildman–Crippen MR) is 94.4 cm³/mol. The van der Waals surface area contributed by atoms with Gasteiger partial charge in [0.25, 0.3) is 0 Å². The van der Waals surface area contributed by atoms with Crippen LogP contribution < -0.4 is 5.32 Å². The summed E-state index contributed by atoms with van der Waals surface area (Å²) in [6.45, 7) is 3.14. The lowest BCUT2D eigenvalue weighted by molar-refractivity contribution is 0.637. The Morgan fingerprint density at radius 2 is 2.05 bits per heavy atom. The van der Waals surface area contributed by atoms with Crippen LogP contribution in [0.15, 0.2) is 41.1 Å². The van der Waals surface area contributed by atoms with Crippen LogP contribution in [0.25, 0.3) is 10.1 Å². The second kappa shape index (κ2) is 5.91. The van der Waals surface area contributed by atoms with Crippen molar-refractivity contribution in [3.05, 3.63) is 55.1 Å². The Morgan fingerprint density at radius 3 is 2.79 bits per heavy atom. The molecular weight excluding hydrogens is 385 g/mol. The third-order valence-electron chi connectivity index (χ3n) is 3.15. The Hall–Kier alpha value is -0.430. The fraction of sp³-hybridized carbons (Fsp3) is 0.200. The fourth-order valence-electron chi connectivity index (χ4n) is 2.31. The molecule has 1 N–H and O–H groups in total. The molecule has 0 aliphatic heterocycles. The van der Waals surface area contributed by atoms with E-state index in [1.54, 1.807) is 0 Å². The third kappa shape index (κ3) is 2.72. The van der Waals surface area contributed by atoms with E-state index in [1.807, 2.05) is 22.7 Å². The van der Waals surface area contributed by atoms with Gasteiger partial charge in [-0.2, -0.15) is 0 Å². The second-order valence-electron chi connectivity index (χ2n) is 4.36. The molecule has 0 aliphatic carbocycles. The van der Waals surface area contributed by atoms with Gasteiger partial charge in [0, 0.05) is 4.70 Å². The number of thiophene rings is 2. The second-order valence-corrected chi connectivity index (χ2v) is 8.08. The number of benzene rings is 1. The Bertz CT molecular complexity index is 686. The van der Waals surface area contributed by atoms with Crippen molar-refractivity contribution in [2.24, 2.45) is 0 Å². The van der Waals surface area contributed by atoms with Gasteiger partial charge in [-0.3, -0.25) is 0 Å².